The van der Waals surface area contributed by atoms with Gasteiger partial charge in [0.15, 0.2) is 0 Å². The summed E-state index contributed by atoms with van der Waals surface area (Å²) < 4.78 is 5.52. The van der Waals surface area contributed by atoms with Crippen molar-refractivity contribution in [3.05, 3.63) is 65.7 Å². The van der Waals surface area contributed by atoms with Gasteiger partial charge in [0.05, 0.1) is 7.11 Å². The zero-order valence-corrected chi connectivity index (χ0v) is 16.0. The predicted molar refractivity (Wildman–Crippen MR) is 108 cm³/mol. The Bertz CT molecular complexity index is 713. The molecule has 1 heterocycles. The molecule has 2 aromatic rings. The van der Waals surface area contributed by atoms with Crippen molar-refractivity contribution in [1.29, 1.82) is 0 Å². The molecule has 2 heteroatoms. The Morgan fingerprint density at radius 1 is 1.04 bits per heavy atom. The predicted octanol–water partition coefficient (Wildman–Crippen LogP) is 5.07. The molecule has 26 heavy (non-hydrogen) atoms. The molecule has 0 aromatic heterocycles. The highest BCUT2D eigenvalue weighted by Crippen LogP contribution is 2.49. The van der Waals surface area contributed by atoms with Gasteiger partial charge in [-0.1, -0.05) is 55.3 Å². The zero-order valence-electron chi connectivity index (χ0n) is 16.0. The first kappa shape index (κ1) is 17.6. The second kappa shape index (κ2) is 7.84. The first-order valence-corrected chi connectivity index (χ1v) is 10.2. The van der Waals surface area contributed by atoms with Crippen LogP contribution in [0.4, 0.5) is 0 Å². The van der Waals surface area contributed by atoms with E-state index in [0.29, 0.717) is 5.41 Å². The van der Waals surface area contributed by atoms with Gasteiger partial charge in [-0.05, 0) is 61.4 Å². The van der Waals surface area contributed by atoms with E-state index in [0.717, 1.165) is 11.7 Å². The number of piperidine rings is 1. The third-order valence-corrected chi connectivity index (χ3v) is 6.76. The maximum Gasteiger partial charge on any atom is 0.119 e. The molecule has 0 amide bonds. The molecule has 1 aliphatic heterocycles. The lowest BCUT2D eigenvalue weighted by Crippen LogP contribution is -2.51. The van der Waals surface area contributed by atoms with Crippen LogP contribution < -0.4 is 4.74 Å². The van der Waals surface area contributed by atoms with Crippen molar-refractivity contribution in [2.45, 2.75) is 43.9 Å². The van der Waals surface area contributed by atoms with Gasteiger partial charge in [-0.2, -0.15) is 0 Å². The van der Waals surface area contributed by atoms with Crippen molar-refractivity contribution in [3.8, 4) is 5.75 Å². The third kappa shape index (κ3) is 3.53. The maximum atomic E-state index is 5.52. The van der Waals surface area contributed by atoms with E-state index in [1.54, 1.807) is 7.11 Å². The molecule has 2 aromatic carbocycles. The maximum absolute atomic E-state index is 5.52. The summed E-state index contributed by atoms with van der Waals surface area (Å²) in [4.78, 5) is 2.71. The lowest BCUT2D eigenvalue weighted by Gasteiger charge is -2.51. The smallest absolute Gasteiger partial charge is 0.119 e. The normalized spacial score (nSPS) is 26.3. The van der Waals surface area contributed by atoms with Crippen molar-refractivity contribution in [2.75, 3.05) is 26.7 Å². The molecule has 0 N–H and O–H groups in total. The Hall–Kier alpha value is -1.80. The molecule has 1 aliphatic carbocycles. The average molecular weight is 350 g/mol. The minimum absolute atomic E-state index is 0.371. The molecule has 2 nitrogen and oxygen atoms in total. The molecule has 2 atom stereocenters. The largest absolute Gasteiger partial charge is 0.497 e. The number of rotatable bonds is 5. The Kier molecular flexibility index (Phi) is 5.31. The van der Waals surface area contributed by atoms with Gasteiger partial charge in [0.2, 0.25) is 0 Å². The summed E-state index contributed by atoms with van der Waals surface area (Å²) >= 11 is 0. The van der Waals surface area contributed by atoms with Gasteiger partial charge >= 0.3 is 0 Å². The number of fused-ring (bicyclic) bond motifs is 1. The van der Waals surface area contributed by atoms with Crippen LogP contribution in [-0.2, 0) is 11.8 Å². The van der Waals surface area contributed by atoms with Crippen LogP contribution in [0, 0.1) is 5.92 Å². The fraction of sp³-hybridized carbons (Fsp3) is 0.500. The number of methoxy groups -OCH3 is 1. The highest BCUT2D eigenvalue weighted by Gasteiger charge is 2.45. The third-order valence-electron chi connectivity index (χ3n) is 6.76. The van der Waals surface area contributed by atoms with Gasteiger partial charge in [0.25, 0.3) is 0 Å². The molecule has 0 radical (unpaired) electrons. The van der Waals surface area contributed by atoms with Crippen molar-refractivity contribution in [1.82, 2.24) is 4.90 Å². The van der Waals surface area contributed by atoms with Crippen LogP contribution in [0.15, 0.2) is 54.6 Å². The van der Waals surface area contributed by atoms with E-state index in [4.69, 9.17) is 4.74 Å². The lowest BCUT2D eigenvalue weighted by atomic mass is 9.59. The molecule has 4 rings (SSSR count). The van der Waals surface area contributed by atoms with Crippen molar-refractivity contribution in [3.63, 3.8) is 0 Å². The Labute approximate surface area is 158 Å². The molecule has 1 saturated carbocycles. The molecule has 2 unspecified atom stereocenters. The summed E-state index contributed by atoms with van der Waals surface area (Å²) in [6, 6.07) is 19.8. The summed E-state index contributed by atoms with van der Waals surface area (Å²) in [6.45, 7) is 3.67. The van der Waals surface area contributed by atoms with Gasteiger partial charge in [-0.25, -0.2) is 0 Å². The number of nitrogens with zero attached hydrogens (tertiary/aromatic N) is 1. The van der Waals surface area contributed by atoms with Crippen LogP contribution in [0.1, 0.15) is 43.2 Å². The fourth-order valence-corrected chi connectivity index (χ4v) is 5.26. The quantitative estimate of drug-likeness (QED) is 0.747. The zero-order chi connectivity index (χ0) is 17.8. The first-order chi connectivity index (χ1) is 12.8. The molecule has 0 spiro atoms. The van der Waals surface area contributed by atoms with Crippen LogP contribution in [0.5, 0.6) is 5.75 Å². The Morgan fingerprint density at radius 2 is 1.92 bits per heavy atom. The number of ether oxygens (including phenoxy) is 1. The second-order valence-corrected chi connectivity index (χ2v) is 8.12. The highest BCUT2D eigenvalue weighted by molar-refractivity contribution is 5.35. The summed E-state index contributed by atoms with van der Waals surface area (Å²) in [5, 5.41) is 0. The van der Waals surface area contributed by atoms with Gasteiger partial charge in [0.1, 0.15) is 5.75 Å². The van der Waals surface area contributed by atoms with Crippen molar-refractivity contribution in [2.24, 2.45) is 5.92 Å². The van der Waals surface area contributed by atoms with E-state index in [1.165, 1.54) is 69.3 Å². The second-order valence-electron chi connectivity index (χ2n) is 8.12. The number of hydrogen-bond acceptors (Lipinski definition) is 2. The van der Waals surface area contributed by atoms with Crippen LogP contribution >= 0.6 is 0 Å². The highest BCUT2D eigenvalue weighted by atomic mass is 16.5. The minimum atomic E-state index is 0.371. The van der Waals surface area contributed by atoms with E-state index in [9.17, 15) is 0 Å². The van der Waals surface area contributed by atoms with E-state index in [-0.39, 0.29) is 0 Å². The van der Waals surface area contributed by atoms with Gasteiger partial charge in [-0.15, -0.1) is 0 Å². The molecular weight excluding hydrogens is 318 g/mol. The van der Waals surface area contributed by atoms with E-state index >= 15 is 0 Å². The van der Waals surface area contributed by atoms with E-state index in [2.05, 4.69) is 59.5 Å². The number of benzene rings is 2. The average Bonchev–Trinajstić information content (AvgIpc) is 2.73. The van der Waals surface area contributed by atoms with Crippen LogP contribution in [0.2, 0.25) is 0 Å². The Morgan fingerprint density at radius 3 is 2.77 bits per heavy atom. The lowest BCUT2D eigenvalue weighted by molar-refractivity contribution is 0.0568. The van der Waals surface area contributed by atoms with Gasteiger partial charge in [-0.3, -0.25) is 0 Å². The standard InChI is InChI=1S/C24H31NO/c1-26-23-12-7-11-21(18-23)24-14-6-5-10-22(24)19-25(17-15-24)16-13-20-8-3-2-4-9-20/h2-4,7-9,11-12,18,22H,5-6,10,13-17,19H2,1H3. The van der Waals surface area contributed by atoms with E-state index in [1.807, 2.05) is 0 Å². The topological polar surface area (TPSA) is 12.5 Å². The van der Waals surface area contributed by atoms with E-state index < -0.39 is 0 Å². The van der Waals surface area contributed by atoms with Gasteiger partial charge < -0.3 is 9.64 Å². The summed E-state index contributed by atoms with van der Waals surface area (Å²) in [5.74, 6) is 1.79. The summed E-state index contributed by atoms with van der Waals surface area (Å²) in [5.41, 5.74) is 3.35. The SMILES string of the molecule is COc1cccc(C23CCCCC2CN(CCc2ccccc2)CC3)c1. The summed E-state index contributed by atoms with van der Waals surface area (Å²) in [7, 11) is 1.78. The molecule has 138 valence electrons. The molecular formula is C24H31NO. The number of hydrogen-bond donors (Lipinski definition) is 0. The minimum Gasteiger partial charge on any atom is -0.497 e. The fourth-order valence-electron chi connectivity index (χ4n) is 5.26. The van der Waals surface area contributed by atoms with Crippen LogP contribution in [0.25, 0.3) is 0 Å². The molecule has 2 fully saturated rings. The van der Waals surface area contributed by atoms with Gasteiger partial charge in [0, 0.05) is 18.5 Å². The first-order valence-electron chi connectivity index (χ1n) is 10.2. The van der Waals surface area contributed by atoms with Crippen molar-refractivity contribution < 1.29 is 4.74 Å². The molecule has 1 saturated heterocycles. The summed E-state index contributed by atoms with van der Waals surface area (Å²) in [6.07, 6.45) is 7.94. The van der Waals surface area contributed by atoms with Crippen molar-refractivity contribution >= 4 is 0 Å². The monoisotopic (exact) mass is 349 g/mol. The number of likely N-dealkylation sites (tertiary alicyclic amines) is 1. The van der Waals surface area contributed by atoms with Crippen LogP contribution in [-0.4, -0.2) is 31.6 Å². The van der Waals surface area contributed by atoms with Crippen LogP contribution in [0.3, 0.4) is 0 Å². The molecule has 0 bridgehead atoms. The Balaban J connectivity index is 1.48. The molecule has 2 aliphatic rings.